The van der Waals surface area contributed by atoms with E-state index in [4.69, 9.17) is 23.2 Å². The lowest BCUT2D eigenvalue weighted by Gasteiger charge is -2.39. The highest BCUT2D eigenvalue weighted by atomic mass is 35.5. The third kappa shape index (κ3) is 5.00. The molecule has 2 fully saturated rings. The van der Waals surface area contributed by atoms with Crippen LogP contribution in [0.2, 0.25) is 10.0 Å². The summed E-state index contributed by atoms with van der Waals surface area (Å²) < 4.78 is 29.4. The number of aliphatic hydroxyl groups is 1. The number of amides is 2. The normalized spacial score (nSPS) is 26.9. The van der Waals surface area contributed by atoms with Crippen LogP contribution in [0, 0.1) is 17.0 Å². The van der Waals surface area contributed by atoms with Crippen molar-refractivity contribution in [3.8, 4) is 0 Å². The first-order valence-corrected chi connectivity index (χ1v) is 14.3. The molecule has 4 unspecified atom stereocenters. The Bertz CT molecular complexity index is 1330. The van der Waals surface area contributed by atoms with Gasteiger partial charge in [-0.2, -0.15) is 0 Å². The first-order valence-electron chi connectivity index (χ1n) is 13.5. The van der Waals surface area contributed by atoms with Gasteiger partial charge in [-0.1, -0.05) is 50.0 Å². The van der Waals surface area contributed by atoms with Crippen molar-refractivity contribution in [2.45, 2.75) is 50.6 Å². The Hall–Kier alpha value is -2.30. The van der Waals surface area contributed by atoms with Gasteiger partial charge in [-0.3, -0.25) is 14.5 Å². The summed E-state index contributed by atoms with van der Waals surface area (Å²) >= 11 is 12.3. The first-order chi connectivity index (χ1) is 18.9. The second kappa shape index (κ2) is 10.8. The molecule has 4 atom stereocenters. The molecule has 3 heterocycles. The summed E-state index contributed by atoms with van der Waals surface area (Å²) in [7, 11) is 0. The molecular weight excluding hydrogens is 561 g/mol. The topological polar surface area (TPSA) is 84.9 Å². The number of benzene rings is 2. The fraction of sp³-hybridized carbons (Fsp3) is 0.517. The second-order valence-corrected chi connectivity index (χ2v) is 13.0. The van der Waals surface area contributed by atoms with Crippen molar-refractivity contribution in [1.82, 2.24) is 15.1 Å². The number of nitrogens with zero attached hydrogens (tertiary/aromatic N) is 2. The van der Waals surface area contributed by atoms with Crippen LogP contribution in [0.4, 0.5) is 14.5 Å². The molecule has 3 aliphatic heterocycles. The largest absolute Gasteiger partial charge is 0.395 e. The van der Waals surface area contributed by atoms with E-state index in [-0.39, 0.29) is 33.9 Å². The van der Waals surface area contributed by atoms with Gasteiger partial charge in [0, 0.05) is 50.4 Å². The Kier molecular flexibility index (Phi) is 7.91. The van der Waals surface area contributed by atoms with E-state index >= 15 is 4.39 Å². The van der Waals surface area contributed by atoms with Crippen LogP contribution in [0.1, 0.15) is 44.2 Å². The zero-order chi connectivity index (χ0) is 29.0. The minimum Gasteiger partial charge on any atom is -0.395 e. The standard InChI is InChI=1S/C29H34Cl2F2N4O3/c1-28(2,3)15-23-29(17-13-21(33)19(31)14-22(17)34-27(29)40)24(16-4-5-20(32)18(30)12-16)25(35-23)26(39)37-8-6-36(7-9-37)10-11-38/h4-5,12-14,23-25,35,38H,6-11,15H2,1-3H3,(H,34,40). The number of carbonyl (C=O) groups excluding carboxylic acids is 2. The van der Waals surface area contributed by atoms with Crippen molar-refractivity contribution in [2.24, 2.45) is 5.41 Å². The summed E-state index contributed by atoms with van der Waals surface area (Å²) in [5, 5.41) is 15.5. The van der Waals surface area contributed by atoms with Crippen molar-refractivity contribution >= 4 is 40.7 Å². The van der Waals surface area contributed by atoms with Gasteiger partial charge in [0.2, 0.25) is 11.8 Å². The molecule has 3 aliphatic rings. The van der Waals surface area contributed by atoms with Gasteiger partial charge in [-0.05, 0) is 47.2 Å². The maximum atomic E-state index is 15.0. The number of halogens is 4. The Morgan fingerprint density at radius 3 is 2.38 bits per heavy atom. The molecule has 5 rings (SSSR count). The number of anilines is 1. The third-order valence-electron chi connectivity index (χ3n) is 8.37. The number of β-amino-alcohol motifs (C(OH)–C–C–N with tert-alkyl or cyclic N) is 1. The molecule has 1 spiro atoms. The Morgan fingerprint density at radius 2 is 1.75 bits per heavy atom. The van der Waals surface area contributed by atoms with Gasteiger partial charge in [0.15, 0.2) is 0 Å². The highest BCUT2D eigenvalue weighted by Crippen LogP contribution is 2.57. The van der Waals surface area contributed by atoms with Gasteiger partial charge in [0.25, 0.3) is 0 Å². The van der Waals surface area contributed by atoms with Crippen LogP contribution >= 0.6 is 23.2 Å². The molecule has 2 aromatic rings. The van der Waals surface area contributed by atoms with Gasteiger partial charge in [-0.15, -0.1) is 0 Å². The lowest BCUT2D eigenvalue weighted by Crippen LogP contribution is -2.54. The quantitative estimate of drug-likeness (QED) is 0.484. The summed E-state index contributed by atoms with van der Waals surface area (Å²) in [5.74, 6) is -2.67. The SMILES string of the molecule is CC(C)(C)CC1NC(C(=O)N2CCN(CCO)CC2)C(c2ccc(F)c(Cl)c2)C12C(=O)Nc1cc(Cl)c(F)cc12. The van der Waals surface area contributed by atoms with E-state index in [1.165, 1.54) is 24.3 Å². The third-order valence-corrected chi connectivity index (χ3v) is 8.95. The molecule has 0 radical (unpaired) electrons. The number of hydrogen-bond acceptors (Lipinski definition) is 5. The number of fused-ring (bicyclic) bond motifs is 2. The maximum absolute atomic E-state index is 15.0. The molecule has 0 saturated carbocycles. The molecule has 2 saturated heterocycles. The van der Waals surface area contributed by atoms with Gasteiger partial charge < -0.3 is 20.6 Å². The van der Waals surface area contributed by atoms with Crippen LogP contribution in [-0.2, 0) is 15.0 Å². The van der Waals surface area contributed by atoms with Crippen LogP contribution in [0.25, 0.3) is 0 Å². The molecule has 2 aromatic carbocycles. The molecule has 0 bridgehead atoms. The van der Waals surface area contributed by atoms with E-state index in [0.717, 1.165) is 0 Å². The van der Waals surface area contributed by atoms with E-state index in [9.17, 15) is 19.1 Å². The maximum Gasteiger partial charge on any atom is 0.240 e. The molecule has 7 nitrogen and oxygen atoms in total. The van der Waals surface area contributed by atoms with Crippen molar-refractivity contribution in [2.75, 3.05) is 44.6 Å². The van der Waals surface area contributed by atoms with E-state index in [1.54, 1.807) is 11.0 Å². The van der Waals surface area contributed by atoms with Crippen molar-refractivity contribution < 1.29 is 23.5 Å². The summed E-state index contributed by atoms with van der Waals surface area (Å²) in [5.41, 5.74) is -0.354. The molecule has 11 heteroatoms. The van der Waals surface area contributed by atoms with Gasteiger partial charge in [0.05, 0.1) is 22.7 Å². The van der Waals surface area contributed by atoms with Crippen molar-refractivity contribution in [3.05, 3.63) is 63.1 Å². The number of aliphatic hydroxyl groups excluding tert-OH is 1. The van der Waals surface area contributed by atoms with Crippen LogP contribution in [-0.4, -0.2) is 78.1 Å². The van der Waals surface area contributed by atoms with Crippen molar-refractivity contribution in [1.29, 1.82) is 0 Å². The Balaban J connectivity index is 1.67. The fourth-order valence-corrected chi connectivity index (χ4v) is 7.01. The van der Waals surface area contributed by atoms with Crippen LogP contribution in [0.3, 0.4) is 0 Å². The lowest BCUT2D eigenvalue weighted by molar-refractivity contribution is -0.135. The smallest absolute Gasteiger partial charge is 0.240 e. The van der Waals surface area contributed by atoms with Crippen LogP contribution in [0.15, 0.2) is 30.3 Å². The van der Waals surface area contributed by atoms with E-state index in [0.29, 0.717) is 56.0 Å². The van der Waals surface area contributed by atoms with Gasteiger partial charge in [-0.25, -0.2) is 8.78 Å². The number of hydrogen-bond donors (Lipinski definition) is 3. The predicted octanol–water partition coefficient (Wildman–Crippen LogP) is 4.16. The molecule has 0 aromatic heterocycles. The zero-order valence-electron chi connectivity index (χ0n) is 22.7. The van der Waals surface area contributed by atoms with Crippen LogP contribution < -0.4 is 10.6 Å². The number of carbonyl (C=O) groups is 2. The Morgan fingerprint density at radius 1 is 1.07 bits per heavy atom. The zero-order valence-corrected chi connectivity index (χ0v) is 24.3. The Labute approximate surface area is 242 Å². The molecule has 0 aliphatic carbocycles. The lowest BCUT2D eigenvalue weighted by atomic mass is 9.62. The van der Waals surface area contributed by atoms with E-state index in [2.05, 4.69) is 15.5 Å². The number of nitrogens with one attached hydrogen (secondary N) is 2. The number of piperazine rings is 1. The van der Waals surface area contributed by atoms with Crippen LogP contribution in [0.5, 0.6) is 0 Å². The monoisotopic (exact) mass is 594 g/mol. The molecule has 216 valence electrons. The average Bonchev–Trinajstić information content (AvgIpc) is 3.35. The highest BCUT2D eigenvalue weighted by Gasteiger charge is 2.66. The summed E-state index contributed by atoms with van der Waals surface area (Å²) in [6, 6.07) is 5.49. The first kappa shape index (κ1) is 29.2. The molecule has 2 amide bonds. The predicted molar refractivity (Wildman–Crippen MR) is 151 cm³/mol. The minimum atomic E-state index is -1.39. The molecular formula is C29H34Cl2F2N4O3. The van der Waals surface area contributed by atoms with E-state index < -0.39 is 35.1 Å². The molecule has 3 N–H and O–H groups in total. The van der Waals surface area contributed by atoms with Gasteiger partial charge >= 0.3 is 0 Å². The van der Waals surface area contributed by atoms with Gasteiger partial charge in [0.1, 0.15) is 17.0 Å². The fourth-order valence-electron chi connectivity index (χ4n) is 6.66. The van der Waals surface area contributed by atoms with Crippen molar-refractivity contribution in [3.63, 3.8) is 0 Å². The summed E-state index contributed by atoms with van der Waals surface area (Å²) in [4.78, 5) is 32.3. The average molecular weight is 596 g/mol. The minimum absolute atomic E-state index is 0.0393. The summed E-state index contributed by atoms with van der Waals surface area (Å²) in [6.45, 7) is 8.81. The molecule has 40 heavy (non-hydrogen) atoms. The van der Waals surface area contributed by atoms with E-state index in [1.807, 2.05) is 20.8 Å². The second-order valence-electron chi connectivity index (χ2n) is 12.1. The summed E-state index contributed by atoms with van der Waals surface area (Å²) in [6.07, 6.45) is 0.490. The highest BCUT2D eigenvalue weighted by molar-refractivity contribution is 6.31. The number of rotatable bonds is 5.